The Hall–Kier alpha value is -3.45. The van der Waals surface area contributed by atoms with E-state index in [-0.39, 0.29) is 18.0 Å². The third-order valence-corrected chi connectivity index (χ3v) is 6.99. The summed E-state index contributed by atoms with van der Waals surface area (Å²) >= 11 is 0. The van der Waals surface area contributed by atoms with Crippen LogP contribution in [0.5, 0.6) is 5.75 Å². The van der Waals surface area contributed by atoms with Crippen molar-refractivity contribution in [3.8, 4) is 5.75 Å². The Labute approximate surface area is 194 Å². The van der Waals surface area contributed by atoms with Crippen LogP contribution in [-0.2, 0) is 10.0 Å². The number of aryl methyl sites for hydroxylation is 1. The first-order valence-corrected chi connectivity index (χ1v) is 11.7. The smallest absolute Gasteiger partial charge is 0.406 e. The summed E-state index contributed by atoms with van der Waals surface area (Å²) in [6, 6.07) is 11.5. The quantitative estimate of drug-likeness (QED) is 0.557. The van der Waals surface area contributed by atoms with Crippen molar-refractivity contribution in [2.75, 3.05) is 36.4 Å². The van der Waals surface area contributed by atoms with E-state index in [0.29, 0.717) is 30.5 Å². The molecule has 9 nitrogen and oxygen atoms in total. The fourth-order valence-electron chi connectivity index (χ4n) is 3.42. The molecule has 0 saturated carbocycles. The van der Waals surface area contributed by atoms with E-state index in [1.807, 2.05) is 24.0 Å². The van der Waals surface area contributed by atoms with Crippen LogP contribution in [0.1, 0.15) is 5.56 Å². The number of benzene rings is 1. The molecule has 0 aliphatic carbocycles. The number of pyridine rings is 1. The van der Waals surface area contributed by atoms with E-state index in [1.165, 1.54) is 4.31 Å². The largest absolute Gasteiger partial charge is 0.573 e. The van der Waals surface area contributed by atoms with Crippen molar-refractivity contribution < 1.29 is 26.3 Å². The molecule has 0 radical (unpaired) electrons. The maximum Gasteiger partial charge on any atom is 0.573 e. The Morgan fingerprint density at radius 3 is 2.24 bits per heavy atom. The molecule has 3 aromatic rings. The van der Waals surface area contributed by atoms with Crippen LogP contribution < -0.4 is 15.0 Å². The summed E-state index contributed by atoms with van der Waals surface area (Å²) in [6.07, 6.45) is -3.15. The molecule has 0 bridgehead atoms. The third kappa shape index (κ3) is 5.72. The van der Waals surface area contributed by atoms with Gasteiger partial charge in [0.15, 0.2) is 11.6 Å². The number of halogens is 3. The second-order valence-electron chi connectivity index (χ2n) is 7.53. The molecule has 1 aromatic carbocycles. The standard InChI is InChI=1S/C21H21F3N6O3S/c1-15-8-9-25-19(14-15)26-18-6-7-20(28-27-18)29-10-12-30(13-11-29)34(31,32)17-4-2-16(3-5-17)33-21(22,23)24/h2-9,14H,10-13H2,1H3,(H,25,26,27). The van der Waals surface area contributed by atoms with Crippen molar-refractivity contribution in [2.45, 2.75) is 18.2 Å². The fraction of sp³-hybridized carbons (Fsp3) is 0.286. The Morgan fingerprint density at radius 1 is 0.941 bits per heavy atom. The number of sulfonamides is 1. The maximum atomic E-state index is 12.9. The Kier molecular flexibility index (Phi) is 6.57. The minimum absolute atomic E-state index is 0.101. The highest BCUT2D eigenvalue weighted by Crippen LogP contribution is 2.26. The van der Waals surface area contributed by atoms with Gasteiger partial charge in [-0.1, -0.05) is 0 Å². The topological polar surface area (TPSA) is 101 Å². The zero-order valence-electron chi connectivity index (χ0n) is 18.0. The molecule has 34 heavy (non-hydrogen) atoms. The molecule has 3 heterocycles. The first kappa shape index (κ1) is 23.7. The van der Waals surface area contributed by atoms with E-state index in [1.54, 1.807) is 18.3 Å². The number of hydrogen-bond donors (Lipinski definition) is 1. The number of aromatic nitrogens is 3. The molecule has 1 aliphatic rings. The molecule has 0 atom stereocenters. The molecular weight excluding hydrogens is 473 g/mol. The second kappa shape index (κ2) is 9.43. The van der Waals surface area contributed by atoms with Crippen molar-refractivity contribution in [3.63, 3.8) is 0 Å². The number of anilines is 3. The molecule has 0 spiro atoms. The van der Waals surface area contributed by atoms with Crippen molar-refractivity contribution in [3.05, 3.63) is 60.3 Å². The molecule has 1 saturated heterocycles. The van der Waals surface area contributed by atoms with Gasteiger partial charge in [-0.3, -0.25) is 0 Å². The summed E-state index contributed by atoms with van der Waals surface area (Å²) in [4.78, 5) is 6.02. The summed E-state index contributed by atoms with van der Waals surface area (Å²) in [5.41, 5.74) is 1.06. The van der Waals surface area contributed by atoms with Crippen LogP contribution in [0.25, 0.3) is 0 Å². The van der Waals surface area contributed by atoms with Gasteiger partial charge in [0, 0.05) is 32.4 Å². The van der Waals surface area contributed by atoms with E-state index in [9.17, 15) is 21.6 Å². The fourth-order valence-corrected chi connectivity index (χ4v) is 4.84. The Balaban J connectivity index is 1.36. The van der Waals surface area contributed by atoms with Gasteiger partial charge in [0.05, 0.1) is 4.90 Å². The lowest BCUT2D eigenvalue weighted by atomic mass is 10.3. The maximum absolute atomic E-state index is 12.9. The number of ether oxygens (including phenoxy) is 1. The zero-order chi connectivity index (χ0) is 24.3. The van der Waals surface area contributed by atoms with Crippen LogP contribution in [0.4, 0.5) is 30.6 Å². The van der Waals surface area contributed by atoms with Gasteiger partial charge in [-0.15, -0.1) is 23.4 Å². The van der Waals surface area contributed by atoms with E-state index >= 15 is 0 Å². The molecule has 13 heteroatoms. The third-order valence-electron chi connectivity index (χ3n) is 5.08. The van der Waals surface area contributed by atoms with Crippen LogP contribution in [0.15, 0.2) is 59.6 Å². The lowest BCUT2D eigenvalue weighted by Gasteiger charge is -2.34. The van der Waals surface area contributed by atoms with Gasteiger partial charge in [0.2, 0.25) is 10.0 Å². The van der Waals surface area contributed by atoms with Gasteiger partial charge >= 0.3 is 6.36 Å². The average Bonchev–Trinajstić information content (AvgIpc) is 2.79. The molecule has 1 fully saturated rings. The Morgan fingerprint density at radius 2 is 1.65 bits per heavy atom. The SMILES string of the molecule is Cc1ccnc(Nc2ccc(N3CCN(S(=O)(=O)c4ccc(OC(F)(F)F)cc4)CC3)nn2)c1. The first-order chi connectivity index (χ1) is 16.1. The second-order valence-corrected chi connectivity index (χ2v) is 9.47. The lowest BCUT2D eigenvalue weighted by Crippen LogP contribution is -2.49. The summed E-state index contributed by atoms with van der Waals surface area (Å²) in [5.74, 6) is 1.30. The molecule has 180 valence electrons. The molecule has 0 unspecified atom stereocenters. The molecule has 2 aromatic heterocycles. The van der Waals surface area contributed by atoms with Crippen LogP contribution >= 0.6 is 0 Å². The highest BCUT2D eigenvalue weighted by Gasteiger charge is 2.32. The lowest BCUT2D eigenvalue weighted by molar-refractivity contribution is -0.274. The van der Waals surface area contributed by atoms with E-state index in [0.717, 1.165) is 29.8 Å². The van der Waals surface area contributed by atoms with Crippen LogP contribution in [0.3, 0.4) is 0 Å². The van der Waals surface area contributed by atoms with Gasteiger partial charge in [-0.05, 0) is 61.0 Å². The van der Waals surface area contributed by atoms with E-state index in [2.05, 4.69) is 25.2 Å². The van der Waals surface area contributed by atoms with Crippen LogP contribution in [-0.4, -0.2) is 60.4 Å². The number of nitrogens with zero attached hydrogens (tertiary/aromatic N) is 5. The summed E-state index contributed by atoms with van der Waals surface area (Å²) in [5, 5.41) is 11.5. The molecule has 1 N–H and O–H groups in total. The van der Waals surface area contributed by atoms with Crippen molar-refractivity contribution in [1.29, 1.82) is 0 Å². The average molecular weight is 494 g/mol. The molecular formula is C21H21F3N6O3S. The molecule has 0 amide bonds. The molecule has 1 aliphatic heterocycles. The van der Waals surface area contributed by atoms with Gasteiger partial charge in [0.1, 0.15) is 11.6 Å². The minimum atomic E-state index is -4.84. The number of nitrogens with one attached hydrogen (secondary N) is 1. The van der Waals surface area contributed by atoms with Gasteiger partial charge in [0.25, 0.3) is 0 Å². The number of piperazine rings is 1. The van der Waals surface area contributed by atoms with Gasteiger partial charge in [-0.2, -0.15) is 4.31 Å². The summed E-state index contributed by atoms with van der Waals surface area (Å²) < 4.78 is 67.7. The van der Waals surface area contributed by atoms with E-state index in [4.69, 9.17) is 0 Å². The predicted molar refractivity (Wildman–Crippen MR) is 118 cm³/mol. The van der Waals surface area contributed by atoms with Crippen molar-refractivity contribution in [1.82, 2.24) is 19.5 Å². The van der Waals surface area contributed by atoms with Crippen molar-refractivity contribution >= 4 is 27.5 Å². The predicted octanol–water partition coefficient (Wildman–Crippen LogP) is 3.33. The number of alkyl halides is 3. The minimum Gasteiger partial charge on any atom is -0.406 e. The van der Waals surface area contributed by atoms with Gasteiger partial charge < -0.3 is 15.0 Å². The summed E-state index contributed by atoms with van der Waals surface area (Å²) in [7, 11) is -3.86. The first-order valence-electron chi connectivity index (χ1n) is 10.2. The highest BCUT2D eigenvalue weighted by atomic mass is 32.2. The number of hydrogen-bond acceptors (Lipinski definition) is 8. The highest BCUT2D eigenvalue weighted by molar-refractivity contribution is 7.89. The summed E-state index contributed by atoms with van der Waals surface area (Å²) in [6.45, 7) is 3.11. The van der Waals surface area contributed by atoms with Crippen LogP contribution in [0.2, 0.25) is 0 Å². The monoisotopic (exact) mass is 494 g/mol. The van der Waals surface area contributed by atoms with Crippen LogP contribution in [0, 0.1) is 6.92 Å². The van der Waals surface area contributed by atoms with Gasteiger partial charge in [-0.25, -0.2) is 13.4 Å². The van der Waals surface area contributed by atoms with Crippen molar-refractivity contribution in [2.24, 2.45) is 0 Å². The number of rotatable bonds is 6. The van der Waals surface area contributed by atoms with E-state index < -0.39 is 22.1 Å². The zero-order valence-corrected chi connectivity index (χ0v) is 18.8. The normalized spacial score (nSPS) is 15.2. The molecule has 4 rings (SSSR count). The Bertz CT molecular complexity index is 1230.